The van der Waals surface area contributed by atoms with Crippen LogP contribution in [0.5, 0.6) is 0 Å². The van der Waals surface area contributed by atoms with Gasteiger partial charge in [-0.15, -0.1) is 0 Å². The van der Waals surface area contributed by atoms with E-state index < -0.39 is 58.9 Å². The first-order valence-corrected chi connectivity index (χ1v) is 5.30. The average molecular weight is 266 g/mol. The van der Waals surface area contributed by atoms with E-state index in [1.165, 1.54) is 0 Å². The number of hydrogen-bond acceptors (Lipinski definition) is 0. The smallest absolute Gasteiger partial charge is 0.190 e. The topological polar surface area (TPSA) is 0 Å². The van der Waals surface area contributed by atoms with Crippen LogP contribution in [0.25, 0.3) is 0 Å². The fourth-order valence-electron chi connectivity index (χ4n) is 1.98. The maximum Gasteiger partial charge on any atom is 0.190 e. The molecule has 0 fully saturated rings. The van der Waals surface area contributed by atoms with Crippen LogP contribution in [0.2, 0.25) is 0 Å². The Labute approximate surface area is 99.0 Å². The summed E-state index contributed by atoms with van der Waals surface area (Å²) in [4.78, 5) is 0. The monoisotopic (exact) mass is 266 g/mol. The van der Waals surface area contributed by atoms with Crippen LogP contribution in [0.3, 0.4) is 0 Å². The van der Waals surface area contributed by atoms with E-state index in [2.05, 4.69) is 0 Å². The Morgan fingerprint density at radius 2 is 0.778 bits per heavy atom. The number of hydrogen-bond donors (Lipinski definition) is 0. The zero-order valence-electron chi connectivity index (χ0n) is 9.10. The average Bonchev–Trinajstić information content (AvgIpc) is 2.35. The molecule has 18 heavy (non-hydrogen) atoms. The Hall–Kier alpha value is -1.46. The van der Waals surface area contributed by atoms with Crippen molar-refractivity contribution < 1.29 is 26.3 Å². The fourth-order valence-corrected chi connectivity index (χ4v) is 1.98. The van der Waals surface area contributed by atoms with Gasteiger partial charge in [-0.3, -0.25) is 0 Å². The Bertz CT molecular complexity index is 473. The van der Waals surface area contributed by atoms with Crippen LogP contribution in [-0.2, 0) is 0 Å². The summed E-state index contributed by atoms with van der Waals surface area (Å²) in [5.74, 6) is -8.94. The van der Waals surface area contributed by atoms with E-state index >= 15 is 0 Å². The van der Waals surface area contributed by atoms with Gasteiger partial charge in [-0.25, -0.2) is 26.3 Å². The summed E-state index contributed by atoms with van der Waals surface area (Å²) in [5, 5.41) is 0. The highest BCUT2D eigenvalue weighted by Crippen LogP contribution is 2.43. The molecule has 0 nitrogen and oxygen atoms in total. The van der Waals surface area contributed by atoms with Gasteiger partial charge in [-0.05, 0) is 24.0 Å². The van der Waals surface area contributed by atoms with Crippen molar-refractivity contribution >= 4 is 0 Å². The summed E-state index contributed by atoms with van der Waals surface area (Å²) in [6.07, 6.45) is -1.39. The van der Waals surface area contributed by atoms with E-state index in [0.29, 0.717) is 0 Å². The number of halogens is 6. The molecule has 0 aromatic carbocycles. The molecule has 2 aliphatic carbocycles. The lowest BCUT2D eigenvalue weighted by molar-refractivity contribution is 0.437. The van der Waals surface area contributed by atoms with Crippen LogP contribution in [0.1, 0.15) is 25.7 Å². The summed E-state index contributed by atoms with van der Waals surface area (Å²) in [5.41, 5.74) is -0.844. The van der Waals surface area contributed by atoms with Gasteiger partial charge in [0.2, 0.25) is 0 Å². The van der Waals surface area contributed by atoms with Gasteiger partial charge >= 0.3 is 0 Å². The minimum absolute atomic E-state index is 0.275. The summed E-state index contributed by atoms with van der Waals surface area (Å²) < 4.78 is 78.5. The molecule has 2 rings (SSSR count). The first kappa shape index (κ1) is 13.0. The highest BCUT2D eigenvalue weighted by Gasteiger charge is 2.30. The predicted molar refractivity (Wildman–Crippen MR) is 53.2 cm³/mol. The van der Waals surface area contributed by atoms with E-state index in [9.17, 15) is 26.3 Å². The van der Waals surface area contributed by atoms with Crippen molar-refractivity contribution in [1.82, 2.24) is 0 Å². The summed E-state index contributed by atoms with van der Waals surface area (Å²) in [6.45, 7) is 0. The third kappa shape index (κ3) is 2.00. The lowest BCUT2D eigenvalue weighted by Crippen LogP contribution is -2.07. The lowest BCUT2D eigenvalue weighted by Gasteiger charge is -2.20. The molecule has 0 unspecified atom stereocenters. The second kappa shape index (κ2) is 4.66. The molecule has 98 valence electrons. The van der Waals surface area contributed by atoms with Gasteiger partial charge in [0.1, 0.15) is 11.7 Å². The van der Waals surface area contributed by atoms with Crippen LogP contribution in [0.4, 0.5) is 26.3 Å². The van der Waals surface area contributed by atoms with Crippen molar-refractivity contribution in [2.45, 2.75) is 25.7 Å². The molecular weight excluding hydrogens is 258 g/mol. The molecule has 0 amide bonds. The van der Waals surface area contributed by atoms with Gasteiger partial charge in [-0.2, -0.15) is 0 Å². The molecule has 0 saturated carbocycles. The highest BCUT2D eigenvalue weighted by atomic mass is 19.2. The third-order valence-corrected chi connectivity index (χ3v) is 2.94. The summed E-state index contributed by atoms with van der Waals surface area (Å²) in [7, 11) is 0. The van der Waals surface area contributed by atoms with E-state index in [4.69, 9.17) is 0 Å². The van der Waals surface area contributed by atoms with Crippen molar-refractivity contribution in [2.75, 3.05) is 0 Å². The Morgan fingerprint density at radius 1 is 0.444 bits per heavy atom. The molecule has 0 bridgehead atoms. The van der Waals surface area contributed by atoms with Gasteiger partial charge in [0.15, 0.2) is 23.3 Å². The number of rotatable bonds is 1. The van der Waals surface area contributed by atoms with Crippen molar-refractivity contribution in [1.29, 1.82) is 0 Å². The van der Waals surface area contributed by atoms with Crippen molar-refractivity contribution in [3.63, 3.8) is 0 Å². The molecule has 0 aromatic heterocycles. The third-order valence-electron chi connectivity index (χ3n) is 2.94. The predicted octanol–water partition coefficient (Wildman–Crippen LogP) is 5.32. The summed E-state index contributed by atoms with van der Waals surface area (Å²) in [6, 6.07) is 0. The van der Waals surface area contributed by atoms with Crippen LogP contribution in [0, 0.1) is 0 Å². The van der Waals surface area contributed by atoms with Gasteiger partial charge in [0, 0.05) is 12.8 Å². The Kier molecular flexibility index (Phi) is 3.36. The first-order valence-electron chi connectivity index (χ1n) is 5.30. The molecule has 0 atom stereocenters. The molecular formula is C12H8F6. The molecule has 2 aliphatic rings. The number of allylic oxidation sites excluding steroid dienone is 8. The molecule has 0 saturated heterocycles. The fraction of sp³-hybridized carbons (Fsp3) is 0.333. The second-order valence-electron chi connectivity index (χ2n) is 4.02. The largest absolute Gasteiger partial charge is 0.208 e. The van der Waals surface area contributed by atoms with Crippen molar-refractivity contribution in [3.8, 4) is 0 Å². The maximum absolute atomic E-state index is 13.4. The quantitative estimate of drug-likeness (QED) is 0.563. The van der Waals surface area contributed by atoms with Crippen molar-refractivity contribution in [2.24, 2.45) is 0 Å². The second-order valence-corrected chi connectivity index (χ2v) is 4.02. The highest BCUT2D eigenvalue weighted by molar-refractivity contribution is 5.49. The van der Waals surface area contributed by atoms with E-state index in [1.54, 1.807) is 0 Å². The molecule has 0 N–H and O–H groups in total. The minimum atomic E-state index is -1.69. The Balaban J connectivity index is 2.51. The van der Waals surface area contributed by atoms with Gasteiger partial charge in [0.05, 0.1) is 0 Å². The minimum Gasteiger partial charge on any atom is -0.208 e. The zero-order chi connectivity index (χ0) is 13.4. The molecule has 0 aromatic rings. The van der Waals surface area contributed by atoms with Crippen LogP contribution in [0.15, 0.2) is 46.1 Å². The van der Waals surface area contributed by atoms with Crippen LogP contribution >= 0.6 is 0 Å². The molecule has 0 radical (unpaired) electrons. The Morgan fingerprint density at radius 3 is 1.11 bits per heavy atom. The van der Waals surface area contributed by atoms with Crippen LogP contribution in [-0.4, -0.2) is 0 Å². The van der Waals surface area contributed by atoms with Gasteiger partial charge in [0.25, 0.3) is 0 Å². The van der Waals surface area contributed by atoms with Crippen LogP contribution < -0.4 is 0 Å². The van der Waals surface area contributed by atoms with E-state index in [-0.39, 0.29) is 12.8 Å². The first-order chi connectivity index (χ1) is 8.43. The van der Waals surface area contributed by atoms with Crippen molar-refractivity contribution in [3.05, 3.63) is 46.1 Å². The molecule has 6 heteroatoms. The normalized spacial score (nSPS) is 22.3. The van der Waals surface area contributed by atoms with Gasteiger partial charge in [-0.1, -0.05) is 0 Å². The summed E-state index contributed by atoms with van der Waals surface area (Å²) >= 11 is 0. The maximum atomic E-state index is 13.4. The molecule has 0 heterocycles. The standard InChI is InChI=1S/C12H8F6/c13-7-3-1-5(9(15)11(7)17)6-2-4-8(14)12(18)10(6)16/h1-4H2. The zero-order valence-corrected chi connectivity index (χ0v) is 9.10. The van der Waals surface area contributed by atoms with Gasteiger partial charge < -0.3 is 0 Å². The lowest BCUT2D eigenvalue weighted by atomic mass is 9.89. The molecule has 0 spiro atoms. The molecule has 0 aliphatic heterocycles. The SMILES string of the molecule is FC1=C(F)C(F)=C(C2=C(F)C(F)=C(F)CC2)CC1. The van der Waals surface area contributed by atoms with E-state index in [1.807, 2.05) is 0 Å². The van der Waals surface area contributed by atoms with E-state index in [0.717, 1.165) is 0 Å².